The zero-order chi connectivity index (χ0) is 15.3. The number of rotatable bonds is 6. The lowest BCUT2D eigenvalue weighted by Gasteiger charge is -2.31. The summed E-state index contributed by atoms with van der Waals surface area (Å²) in [6.45, 7) is 11.2. The Hall–Kier alpha value is -0.610. The fourth-order valence-corrected chi connectivity index (χ4v) is 3.30. The summed E-state index contributed by atoms with van der Waals surface area (Å²) in [5.41, 5.74) is 0.299. The molecule has 4 nitrogen and oxygen atoms in total. The van der Waals surface area contributed by atoms with Crippen LogP contribution >= 0.6 is 0 Å². The predicted octanol–water partition coefficient (Wildman–Crippen LogP) is 2.43. The SMILES string of the molecule is CCCNC(CN1CCC(C)(C)CCC1=O)C1CCOC1. The smallest absolute Gasteiger partial charge is 0.222 e. The number of hydrogen-bond donors (Lipinski definition) is 1. The lowest BCUT2D eigenvalue weighted by Crippen LogP contribution is -2.48. The number of carbonyl (C=O) groups is 1. The summed E-state index contributed by atoms with van der Waals surface area (Å²) in [7, 11) is 0. The molecule has 21 heavy (non-hydrogen) atoms. The average Bonchev–Trinajstić information content (AvgIpc) is 2.94. The number of amides is 1. The van der Waals surface area contributed by atoms with E-state index >= 15 is 0 Å². The minimum Gasteiger partial charge on any atom is -0.381 e. The van der Waals surface area contributed by atoms with Crippen LogP contribution in [0, 0.1) is 11.3 Å². The normalized spacial score (nSPS) is 27.7. The van der Waals surface area contributed by atoms with Gasteiger partial charge < -0.3 is 15.0 Å². The van der Waals surface area contributed by atoms with Gasteiger partial charge in [0.05, 0.1) is 6.61 Å². The van der Waals surface area contributed by atoms with E-state index in [9.17, 15) is 4.79 Å². The largest absolute Gasteiger partial charge is 0.381 e. The van der Waals surface area contributed by atoms with Crippen LogP contribution in [0.2, 0.25) is 0 Å². The number of nitrogens with zero attached hydrogens (tertiary/aromatic N) is 1. The highest BCUT2D eigenvalue weighted by Gasteiger charge is 2.31. The molecule has 2 aliphatic rings. The van der Waals surface area contributed by atoms with Crippen LogP contribution in [-0.2, 0) is 9.53 Å². The van der Waals surface area contributed by atoms with Crippen molar-refractivity contribution in [1.29, 1.82) is 0 Å². The van der Waals surface area contributed by atoms with Crippen LogP contribution in [0.4, 0.5) is 0 Å². The van der Waals surface area contributed by atoms with Crippen LogP contribution in [0.15, 0.2) is 0 Å². The predicted molar refractivity (Wildman–Crippen MR) is 85.2 cm³/mol. The van der Waals surface area contributed by atoms with Crippen molar-refractivity contribution in [2.75, 3.05) is 32.8 Å². The third kappa shape index (κ3) is 4.96. The summed E-state index contributed by atoms with van der Waals surface area (Å²) in [5.74, 6) is 0.892. The fourth-order valence-electron chi connectivity index (χ4n) is 3.30. The van der Waals surface area contributed by atoms with Gasteiger partial charge in [-0.3, -0.25) is 4.79 Å². The Morgan fingerprint density at radius 1 is 1.43 bits per heavy atom. The van der Waals surface area contributed by atoms with Gasteiger partial charge in [0.2, 0.25) is 5.91 Å². The molecule has 0 aliphatic carbocycles. The van der Waals surface area contributed by atoms with Crippen molar-refractivity contribution in [2.24, 2.45) is 11.3 Å². The fraction of sp³-hybridized carbons (Fsp3) is 0.941. The molecule has 0 aromatic rings. The van der Waals surface area contributed by atoms with Crippen LogP contribution in [0.1, 0.15) is 52.9 Å². The molecular weight excluding hydrogens is 264 g/mol. The molecule has 0 aromatic heterocycles. The molecule has 0 saturated carbocycles. The minimum absolute atomic E-state index is 0.299. The first kappa shape index (κ1) is 16.8. The van der Waals surface area contributed by atoms with Gasteiger partial charge in [-0.25, -0.2) is 0 Å². The van der Waals surface area contributed by atoms with Crippen molar-refractivity contribution in [3.8, 4) is 0 Å². The molecule has 2 fully saturated rings. The molecule has 2 atom stereocenters. The van der Waals surface area contributed by atoms with E-state index in [0.717, 1.165) is 58.5 Å². The quantitative estimate of drug-likeness (QED) is 0.818. The molecular formula is C17H32N2O2. The second-order valence-corrected chi connectivity index (χ2v) is 7.44. The van der Waals surface area contributed by atoms with E-state index in [1.807, 2.05) is 0 Å². The number of ether oxygens (including phenoxy) is 1. The van der Waals surface area contributed by atoms with Crippen LogP contribution < -0.4 is 5.32 Å². The molecule has 2 heterocycles. The number of nitrogens with one attached hydrogen (secondary N) is 1. The molecule has 2 aliphatic heterocycles. The van der Waals surface area contributed by atoms with E-state index in [2.05, 4.69) is 31.0 Å². The lowest BCUT2D eigenvalue weighted by atomic mass is 9.85. The zero-order valence-electron chi connectivity index (χ0n) is 14.0. The first-order valence-electron chi connectivity index (χ1n) is 8.61. The standard InChI is InChI=1S/C17H32N2O2/c1-4-9-18-15(14-6-11-21-13-14)12-19-10-8-17(2,3)7-5-16(19)20/h14-15,18H,4-13H2,1-3H3. The van der Waals surface area contributed by atoms with Crippen molar-refractivity contribution in [1.82, 2.24) is 10.2 Å². The Morgan fingerprint density at radius 3 is 2.90 bits per heavy atom. The molecule has 1 amide bonds. The molecule has 122 valence electrons. The van der Waals surface area contributed by atoms with E-state index in [1.54, 1.807) is 0 Å². The van der Waals surface area contributed by atoms with Gasteiger partial charge in [-0.05, 0) is 37.6 Å². The molecule has 4 heteroatoms. The highest BCUT2D eigenvalue weighted by atomic mass is 16.5. The van der Waals surface area contributed by atoms with Gasteiger partial charge >= 0.3 is 0 Å². The topological polar surface area (TPSA) is 41.6 Å². The average molecular weight is 296 g/mol. The Bertz CT molecular complexity index is 338. The Balaban J connectivity index is 1.95. The summed E-state index contributed by atoms with van der Waals surface area (Å²) in [5, 5.41) is 3.65. The maximum absolute atomic E-state index is 12.4. The number of likely N-dealkylation sites (tertiary alicyclic amines) is 1. The molecule has 1 N–H and O–H groups in total. The Morgan fingerprint density at radius 2 is 2.24 bits per heavy atom. The van der Waals surface area contributed by atoms with Crippen molar-refractivity contribution in [3.05, 3.63) is 0 Å². The summed E-state index contributed by atoms with van der Waals surface area (Å²) in [6, 6.07) is 0.387. The first-order valence-corrected chi connectivity index (χ1v) is 8.61. The van der Waals surface area contributed by atoms with Gasteiger partial charge in [0.15, 0.2) is 0 Å². The molecule has 2 unspecified atom stereocenters. The second kappa shape index (κ2) is 7.59. The molecule has 2 saturated heterocycles. The summed E-state index contributed by atoms with van der Waals surface area (Å²) in [4.78, 5) is 14.5. The van der Waals surface area contributed by atoms with Gasteiger partial charge in [-0.15, -0.1) is 0 Å². The molecule has 0 aromatic carbocycles. The number of hydrogen-bond acceptors (Lipinski definition) is 3. The summed E-state index contributed by atoms with van der Waals surface area (Å²) in [6.07, 6.45) is 5.08. The van der Waals surface area contributed by atoms with Crippen LogP contribution in [-0.4, -0.2) is 49.7 Å². The molecule has 0 bridgehead atoms. The van der Waals surface area contributed by atoms with Gasteiger partial charge in [-0.1, -0.05) is 20.8 Å². The maximum atomic E-state index is 12.4. The summed E-state index contributed by atoms with van der Waals surface area (Å²) < 4.78 is 5.55. The third-order valence-electron chi connectivity index (χ3n) is 5.03. The minimum atomic E-state index is 0.299. The Labute approximate surface area is 129 Å². The molecule has 2 rings (SSSR count). The summed E-state index contributed by atoms with van der Waals surface area (Å²) >= 11 is 0. The molecule has 0 radical (unpaired) electrons. The van der Waals surface area contributed by atoms with Crippen molar-refractivity contribution < 1.29 is 9.53 Å². The first-order chi connectivity index (χ1) is 10.0. The van der Waals surface area contributed by atoms with Crippen molar-refractivity contribution >= 4 is 5.91 Å². The van der Waals surface area contributed by atoms with Gasteiger partial charge in [0.1, 0.15) is 0 Å². The maximum Gasteiger partial charge on any atom is 0.222 e. The monoisotopic (exact) mass is 296 g/mol. The number of carbonyl (C=O) groups excluding carboxylic acids is 1. The lowest BCUT2D eigenvalue weighted by molar-refractivity contribution is -0.131. The van der Waals surface area contributed by atoms with Crippen molar-refractivity contribution in [2.45, 2.75) is 58.9 Å². The Kier molecular flexibility index (Phi) is 6.06. The second-order valence-electron chi connectivity index (χ2n) is 7.44. The van der Waals surface area contributed by atoms with Crippen molar-refractivity contribution in [3.63, 3.8) is 0 Å². The highest BCUT2D eigenvalue weighted by Crippen LogP contribution is 2.30. The van der Waals surface area contributed by atoms with Crippen LogP contribution in [0.5, 0.6) is 0 Å². The third-order valence-corrected chi connectivity index (χ3v) is 5.03. The van der Waals surface area contributed by atoms with Crippen LogP contribution in [0.25, 0.3) is 0 Å². The van der Waals surface area contributed by atoms with E-state index < -0.39 is 0 Å². The zero-order valence-corrected chi connectivity index (χ0v) is 14.0. The van der Waals surface area contributed by atoms with Gasteiger partial charge in [0, 0.05) is 38.1 Å². The van der Waals surface area contributed by atoms with E-state index in [4.69, 9.17) is 4.74 Å². The van der Waals surface area contributed by atoms with Gasteiger partial charge in [0.25, 0.3) is 0 Å². The van der Waals surface area contributed by atoms with E-state index in [0.29, 0.717) is 29.7 Å². The van der Waals surface area contributed by atoms with Gasteiger partial charge in [-0.2, -0.15) is 0 Å². The van der Waals surface area contributed by atoms with Crippen LogP contribution in [0.3, 0.4) is 0 Å². The van der Waals surface area contributed by atoms with E-state index in [-0.39, 0.29) is 0 Å². The molecule has 0 spiro atoms. The highest BCUT2D eigenvalue weighted by molar-refractivity contribution is 5.76. The van der Waals surface area contributed by atoms with E-state index in [1.165, 1.54) is 0 Å².